The van der Waals surface area contributed by atoms with Crippen molar-refractivity contribution in [2.75, 3.05) is 19.7 Å². The number of hydrogen-bond donors (Lipinski definition) is 1. The van der Waals surface area contributed by atoms with Crippen LogP contribution in [0, 0.1) is 5.92 Å². The van der Waals surface area contributed by atoms with Gasteiger partial charge < -0.3 is 19.4 Å². The molecule has 37 heavy (non-hydrogen) atoms. The highest BCUT2D eigenvalue weighted by Gasteiger charge is 2.46. The topological polar surface area (TPSA) is 68.1 Å². The minimum atomic E-state index is -0.531. The predicted octanol–water partition coefficient (Wildman–Crippen LogP) is 5.35. The zero-order valence-electron chi connectivity index (χ0n) is 21.9. The number of aromatic nitrogens is 1. The van der Waals surface area contributed by atoms with Gasteiger partial charge in [0, 0.05) is 36.1 Å². The quantitative estimate of drug-likeness (QED) is 0.518. The number of aliphatic imine (C=N–C) groups is 1. The molecule has 1 aromatic carbocycles. The van der Waals surface area contributed by atoms with E-state index in [1.165, 1.54) is 48.6 Å². The summed E-state index contributed by atoms with van der Waals surface area (Å²) in [6.07, 6.45) is 12.1. The van der Waals surface area contributed by atoms with Gasteiger partial charge in [0.15, 0.2) is 5.79 Å². The van der Waals surface area contributed by atoms with Crippen LogP contribution in [0.4, 0.5) is 0 Å². The summed E-state index contributed by atoms with van der Waals surface area (Å²) in [5.74, 6) is 1.07. The van der Waals surface area contributed by atoms with Gasteiger partial charge in [-0.3, -0.25) is 9.79 Å². The molecule has 1 aromatic heterocycles. The van der Waals surface area contributed by atoms with E-state index >= 15 is 0 Å². The number of nitrogens with one attached hydrogen (secondary N) is 1. The Kier molecular flexibility index (Phi) is 6.94. The van der Waals surface area contributed by atoms with Crippen molar-refractivity contribution in [2.45, 2.75) is 82.8 Å². The molecular formula is C29H38N4O3S. The van der Waals surface area contributed by atoms with Gasteiger partial charge in [-0.25, -0.2) is 4.31 Å². The fourth-order valence-corrected chi connectivity index (χ4v) is 6.94. The lowest BCUT2D eigenvalue weighted by molar-refractivity contribution is -0.139. The molecule has 8 heteroatoms. The van der Waals surface area contributed by atoms with E-state index in [1.54, 1.807) is 11.9 Å². The zero-order chi connectivity index (χ0) is 25.5. The summed E-state index contributed by atoms with van der Waals surface area (Å²) in [5.41, 5.74) is 1.86. The number of benzene rings is 1. The maximum absolute atomic E-state index is 12.9. The van der Waals surface area contributed by atoms with Crippen molar-refractivity contribution in [3.63, 3.8) is 0 Å². The third-order valence-corrected chi connectivity index (χ3v) is 9.19. The Morgan fingerprint density at radius 2 is 1.97 bits per heavy atom. The Labute approximate surface area is 223 Å². The van der Waals surface area contributed by atoms with Crippen LogP contribution < -0.4 is 5.32 Å². The zero-order valence-corrected chi connectivity index (χ0v) is 22.8. The van der Waals surface area contributed by atoms with Gasteiger partial charge in [-0.2, -0.15) is 0 Å². The molecular weight excluding hydrogens is 484 g/mol. The van der Waals surface area contributed by atoms with Gasteiger partial charge in [0.2, 0.25) is 0 Å². The molecule has 1 spiro atoms. The maximum atomic E-state index is 12.9. The Morgan fingerprint density at radius 3 is 2.73 bits per heavy atom. The molecule has 198 valence electrons. The van der Waals surface area contributed by atoms with Gasteiger partial charge in [-0.15, -0.1) is 0 Å². The summed E-state index contributed by atoms with van der Waals surface area (Å²) in [5, 5.41) is 6.55. The van der Waals surface area contributed by atoms with Crippen LogP contribution in [0.5, 0.6) is 0 Å². The summed E-state index contributed by atoms with van der Waals surface area (Å²) in [6.45, 7) is 7.09. The minimum Gasteiger partial charge on any atom is -0.348 e. The standard InChI is InChI=1S/C29H38N4O3S/c1-28(2)35-20-24(36-28)19-32-14-10-23-18-21(8-9-25(23)32)11-17-37-33-15-12-29(13-16-33)27(34)30-26(31-29)22-6-4-3-5-7-22/h8-11,14,17-18,22,24H,3-7,12-13,15-16,19-20H2,1-2H3,(H,30,31,34)/b17-11+. The van der Waals surface area contributed by atoms with Crippen LogP contribution in [0.1, 0.15) is 64.4 Å². The molecule has 4 heterocycles. The van der Waals surface area contributed by atoms with E-state index in [1.807, 2.05) is 13.8 Å². The Morgan fingerprint density at radius 1 is 1.16 bits per heavy atom. The first-order valence-electron chi connectivity index (χ1n) is 13.8. The van der Waals surface area contributed by atoms with Crippen molar-refractivity contribution < 1.29 is 14.3 Å². The molecule has 0 bridgehead atoms. The molecule has 3 fully saturated rings. The SMILES string of the molecule is CC1(C)OCC(Cn2ccc3cc(/C=C/SN4CCC5(CC4)N=C(C4CCCCC4)NC5=O)ccc32)O1. The highest BCUT2D eigenvalue weighted by molar-refractivity contribution is 8.00. The van der Waals surface area contributed by atoms with E-state index in [0.29, 0.717) is 12.5 Å². The van der Waals surface area contributed by atoms with Gasteiger partial charge >= 0.3 is 0 Å². The van der Waals surface area contributed by atoms with E-state index in [-0.39, 0.29) is 12.0 Å². The first kappa shape index (κ1) is 25.2. The third-order valence-electron chi connectivity index (χ3n) is 8.27. The van der Waals surface area contributed by atoms with Crippen molar-refractivity contribution in [1.29, 1.82) is 0 Å². The molecule has 2 aromatic rings. The highest BCUT2D eigenvalue weighted by atomic mass is 32.2. The van der Waals surface area contributed by atoms with Crippen LogP contribution in [-0.2, 0) is 20.8 Å². The van der Waals surface area contributed by atoms with Crippen LogP contribution in [0.15, 0.2) is 40.9 Å². The van der Waals surface area contributed by atoms with Crippen molar-refractivity contribution in [3.05, 3.63) is 41.4 Å². The molecule has 1 aliphatic carbocycles. The van der Waals surface area contributed by atoms with E-state index in [4.69, 9.17) is 14.5 Å². The number of piperidine rings is 1. The monoisotopic (exact) mass is 522 g/mol. The maximum Gasteiger partial charge on any atom is 0.253 e. The minimum absolute atomic E-state index is 0.0742. The van der Waals surface area contributed by atoms with E-state index in [2.05, 4.69) is 56.1 Å². The van der Waals surface area contributed by atoms with Crippen molar-refractivity contribution >= 4 is 40.7 Å². The molecule has 0 radical (unpaired) electrons. The number of nitrogens with zero attached hydrogens (tertiary/aromatic N) is 3. The lowest BCUT2D eigenvalue weighted by atomic mass is 9.88. The second-order valence-corrected chi connectivity index (χ2v) is 12.4. The largest absolute Gasteiger partial charge is 0.348 e. The Hall–Kier alpha value is -2.13. The van der Waals surface area contributed by atoms with E-state index < -0.39 is 11.3 Å². The smallest absolute Gasteiger partial charge is 0.253 e. The fraction of sp³-hybridized carbons (Fsp3) is 0.586. The molecule has 3 aliphatic heterocycles. The van der Waals surface area contributed by atoms with Crippen LogP contribution in [0.3, 0.4) is 0 Å². The molecule has 4 aliphatic rings. The average Bonchev–Trinajstić information content (AvgIpc) is 3.56. The normalized spacial score (nSPS) is 26.4. The van der Waals surface area contributed by atoms with Crippen LogP contribution in [0.25, 0.3) is 17.0 Å². The first-order valence-corrected chi connectivity index (χ1v) is 14.6. The number of hydrogen-bond acceptors (Lipinski definition) is 6. The van der Waals surface area contributed by atoms with Gasteiger partial charge in [0.1, 0.15) is 17.5 Å². The van der Waals surface area contributed by atoms with Crippen molar-refractivity contribution in [1.82, 2.24) is 14.2 Å². The Balaban J connectivity index is 1.02. The summed E-state index contributed by atoms with van der Waals surface area (Å²) in [4.78, 5) is 17.9. The lowest BCUT2D eigenvalue weighted by Gasteiger charge is -2.34. The summed E-state index contributed by atoms with van der Waals surface area (Å²) in [6, 6.07) is 8.75. The fourth-order valence-electron chi connectivity index (χ4n) is 6.16. The van der Waals surface area contributed by atoms with E-state index in [0.717, 1.165) is 38.3 Å². The van der Waals surface area contributed by atoms with Crippen molar-refractivity contribution in [3.8, 4) is 0 Å². The molecule has 1 atom stereocenters. The number of amidine groups is 1. The summed E-state index contributed by atoms with van der Waals surface area (Å²) >= 11 is 1.73. The molecule has 6 rings (SSSR count). The van der Waals surface area contributed by atoms with Gasteiger partial charge in [0.05, 0.1) is 13.2 Å². The molecule has 1 amide bonds. The molecule has 1 N–H and O–H groups in total. The number of amides is 1. The molecule has 2 saturated heterocycles. The van der Waals surface area contributed by atoms with Crippen LogP contribution in [0.2, 0.25) is 0 Å². The Bertz CT molecular complexity index is 1200. The number of fused-ring (bicyclic) bond motifs is 1. The third kappa shape index (κ3) is 5.39. The molecule has 1 unspecified atom stereocenters. The van der Waals surface area contributed by atoms with Gasteiger partial charge in [0.25, 0.3) is 5.91 Å². The lowest BCUT2D eigenvalue weighted by Crippen LogP contribution is -2.47. The van der Waals surface area contributed by atoms with Crippen LogP contribution in [-0.4, -0.2) is 57.7 Å². The summed E-state index contributed by atoms with van der Waals surface area (Å²) in [7, 11) is 0. The average molecular weight is 523 g/mol. The number of ether oxygens (including phenoxy) is 2. The number of rotatable bonds is 6. The highest BCUT2D eigenvalue weighted by Crippen LogP contribution is 2.36. The second kappa shape index (κ2) is 10.2. The first-order chi connectivity index (χ1) is 17.9. The summed E-state index contributed by atoms with van der Waals surface area (Å²) < 4.78 is 16.3. The van der Waals surface area contributed by atoms with Gasteiger partial charge in [-0.1, -0.05) is 37.3 Å². The molecule has 7 nitrogen and oxygen atoms in total. The molecule has 1 saturated carbocycles. The van der Waals surface area contributed by atoms with Crippen molar-refractivity contribution in [2.24, 2.45) is 10.9 Å². The van der Waals surface area contributed by atoms with Gasteiger partial charge in [-0.05, 0) is 74.8 Å². The van der Waals surface area contributed by atoms with Crippen LogP contribution >= 0.6 is 11.9 Å². The second-order valence-electron chi connectivity index (χ2n) is 11.4. The predicted molar refractivity (Wildman–Crippen MR) is 149 cm³/mol. The van der Waals surface area contributed by atoms with E-state index in [9.17, 15) is 4.79 Å². The number of carbonyl (C=O) groups is 1. The number of carbonyl (C=O) groups excluding carboxylic acids is 1.